The van der Waals surface area contributed by atoms with E-state index in [1.807, 2.05) is 0 Å². The first-order valence-corrected chi connectivity index (χ1v) is 5.66. The average Bonchev–Trinajstić information content (AvgIpc) is 2.35. The first-order valence-electron chi connectivity index (χ1n) is 5.66. The van der Waals surface area contributed by atoms with E-state index in [-0.39, 0.29) is 5.91 Å². The number of hydrogen-bond donors (Lipinski definition) is 1. The van der Waals surface area contributed by atoms with Gasteiger partial charge in [0.25, 0.3) is 0 Å². The minimum Gasteiger partial charge on any atom is -0.462 e. The lowest BCUT2D eigenvalue weighted by atomic mass is 9.97. The van der Waals surface area contributed by atoms with Crippen LogP contribution in [0.5, 0.6) is 0 Å². The normalized spacial score (nSPS) is 16.5. The van der Waals surface area contributed by atoms with Crippen LogP contribution in [0.3, 0.4) is 0 Å². The number of piperidine rings is 1. The Bertz CT molecular complexity index is 309. The Labute approximate surface area is 100 Å². The monoisotopic (exact) mass is 242 g/mol. The summed E-state index contributed by atoms with van der Waals surface area (Å²) in [7, 11) is 1.20. The summed E-state index contributed by atoms with van der Waals surface area (Å²) in [6, 6.07) is 0. The van der Waals surface area contributed by atoms with Crippen LogP contribution < -0.4 is 5.32 Å². The fourth-order valence-electron chi connectivity index (χ4n) is 1.84. The fraction of sp³-hybridized carbons (Fsp3) is 0.727. The molecule has 0 radical (unpaired) electrons. The van der Waals surface area contributed by atoms with Crippen molar-refractivity contribution in [3.8, 4) is 0 Å². The molecule has 0 unspecified atom stereocenters. The number of likely N-dealkylation sites (tertiary alicyclic amines) is 1. The van der Waals surface area contributed by atoms with Crippen LogP contribution >= 0.6 is 0 Å². The molecule has 17 heavy (non-hydrogen) atoms. The lowest BCUT2D eigenvalue weighted by Gasteiger charge is -2.31. The lowest BCUT2D eigenvalue weighted by molar-refractivity contribution is -0.158. The van der Waals surface area contributed by atoms with Crippen LogP contribution in [0.1, 0.15) is 19.8 Å². The third kappa shape index (κ3) is 4.05. The summed E-state index contributed by atoms with van der Waals surface area (Å²) in [4.78, 5) is 34.8. The number of nitrogens with zero attached hydrogens (tertiary/aromatic N) is 1. The maximum absolute atomic E-state index is 11.5. The zero-order valence-electron chi connectivity index (χ0n) is 10.2. The summed E-state index contributed by atoms with van der Waals surface area (Å²) in [5.41, 5.74) is 0. The van der Waals surface area contributed by atoms with Crippen LogP contribution in [0.4, 0.5) is 0 Å². The van der Waals surface area contributed by atoms with E-state index in [1.165, 1.54) is 18.9 Å². The topological polar surface area (TPSA) is 75.7 Å². The smallest absolute Gasteiger partial charge is 0.396 e. The molecule has 96 valence electrons. The molecular formula is C11H18N2O4. The number of amides is 2. The van der Waals surface area contributed by atoms with Gasteiger partial charge in [-0.05, 0) is 18.8 Å². The van der Waals surface area contributed by atoms with Gasteiger partial charge in [-0.1, -0.05) is 0 Å². The number of ether oxygens (including phenoxy) is 1. The van der Waals surface area contributed by atoms with Gasteiger partial charge in [-0.25, -0.2) is 4.79 Å². The second-order valence-electron chi connectivity index (χ2n) is 4.16. The molecule has 6 nitrogen and oxygen atoms in total. The van der Waals surface area contributed by atoms with Gasteiger partial charge in [0.1, 0.15) is 0 Å². The van der Waals surface area contributed by atoms with Gasteiger partial charge in [0.05, 0.1) is 7.11 Å². The summed E-state index contributed by atoms with van der Waals surface area (Å²) >= 11 is 0. The van der Waals surface area contributed by atoms with Gasteiger partial charge in [-0.3, -0.25) is 9.59 Å². The van der Waals surface area contributed by atoms with Gasteiger partial charge >= 0.3 is 11.9 Å². The highest BCUT2D eigenvalue weighted by Gasteiger charge is 2.27. The molecule has 0 bridgehead atoms. The van der Waals surface area contributed by atoms with Gasteiger partial charge in [-0.15, -0.1) is 0 Å². The van der Waals surface area contributed by atoms with E-state index in [4.69, 9.17) is 0 Å². The molecule has 0 spiro atoms. The van der Waals surface area contributed by atoms with Crippen LogP contribution in [-0.2, 0) is 19.1 Å². The van der Waals surface area contributed by atoms with Crippen molar-refractivity contribution in [1.29, 1.82) is 0 Å². The fourth-order valence-corrected chi connectivity index (χ4v) is 1.84. The molecule has 1 aliphatic rings. The SMILES string of the molecule is COC(=O)C(=O)N1CCC(CNC(C)=O)CC1. The first-order chi connectivity index (χ1) is 8.04. The molecule has 1 fully saturated rings. The highest BCUT2D eigenvalue weighted by atomic mass is 16.5. The van der Waals surface area contributed by atoms with E-state index in [0.29, 0.717) is 25.6 Å². The Morgan fingerprint density at radius 2 is 1.88 bits per heavy atom. The number of nitrogens with one attached hydrogen (secondary N) is 1. The van der Waals surface area contributed by atoms with E-state index in [0.717, 1.165) is 12.8 Å². The number of carbonyl (C=O) groups is 3. The van der Waals surface area contributed by atoms with E-state index >= 15 is 0 Å². The van der Waals surface area contributed by atoms with E-state index < -0.39 is 11.9 Å². The number of hydrogen-bond acceptors (Lipinski definition) is 4. The van der Waals surface area contributed by atoms with Crippen LogP contribution in [-0.4, -0.2) is 49.4 Å². The van der Waals surface area contributed by atoms with E-state index in [2.05, 4.69) is 10.1 Å². The van der Waals surface area contributed by atoms with Crippen molar-refractivity contribution >= 4 is 17.8 Å². The van der Waals surface area contributed by atoms with Crippen LogP contribution in [0.15, 0.2) is 0 Å². The molecule has 0 aromatic rings. The molecule has 1 N–H and O–H groups in total. The summed E-state index contributed by atoms with van der Waals surface area (Å²) in [6.45, 7) is 3.20. The first kappa shape index (κ1) is 13.5. The van der Waals surface area contributed by atoms with E-state index in [1.54, 1.807) is 0 Å². The Balaban J connectivity index is 2.33. The number of esters is 1. The van der Waals surface area contributed by atoms with Crippen molar-refractivity contribution in [2.24, 2.45) is 5.92 Å². The van der Waals surface area contributed by atoms with Gasteiger partial charge in [0, 0.05) is 26.6 Å². The Morgan fingerprint density at radius 1 is 1.29 bits per heavy atom. The molecule has 1 aliphatic heterocycles. The number of methoxy groups -OCH3 is 1. The molecule has 0 aliphatic carbocycles. The summed E-state index contributed by atoms with van der Waals surface area (Å²) in [6.07, 6.45) is 1.59. The molecule has 6 heteroatoms. The van der Waals surface area contributed by atoms with Crippen molar-refractivity contribution in [1.82, 2.24) is 10.2 Å². The molecule has 1 heterocycles. The minimum absolute atomic E-state index is 0.0435. The van der Waals surface area contributed by atoms with Gasteiger partial charge in [0.15, 0.2) is 0 Å². The maximum Gasteiger partial charge on any atom is 0.396 e. The quantitative estimate of drug-likeness (QED) is 0.525. The van der Waals surface area contributed by atoms with Gasteiger partial charge in [0.2, 0.25) is 5.91 Å². The second-order valence-corrected chi connectivity index (χ2v) is 4.16. The van der Waals surface area contributed by atoms with Crippen LogP contribution in [0.2, 0.25) is 0 Å². The Morgan fingerprint density at radius 3 is 2.35 bits per heavy atom. The highest BCUT2D eigenvalue weighted by molar-refractivity contribution is 6.32. The molecule has 0 atom stereocenters. The highest BCUT2D eigenvalue weighted by Crippen LogP contribution is 2.16. The predicted molar refractivity (Wildman–Crippen MR) is 60.0 cm³/mol. The number of rotatable bonds is 2. The molecular weight excluding hydrogens is 224 g/mol. The minimum atomic E-state index is -0.815. The van der Waals surface area contributed by atoms with Crippen molar-refractivity contribution in [2.75, 3.05) is 26.7 Å². The number of carbonyl (C=O) groups excluding carboxylic acids is 3. The lowest BCUT2D eigenvalue weighted by Crippen LogP contribution is -2.44. The second kappa shape index (κ2) is 6.22. The van der Waals surface area contributed by atoms with Crippen molar-refractivity contribution in [3.05, 3.63) is 0 Å². The van der Waals surface area contributed by atoms with E-state index in [9.17, 15) is 14.4 Å². The molecule has 0 aromatic heterocycles. The largest absolute Gasteiger partial charge is 0.462 e. The third-order valence-electron chi connectivity index (χ3n) is 2.90. The third-order valence-corrected chi connectivity index (χ3v) is 2.90. The Hall–Kier alpha value is -1.59. The average molecular weight is 242 g/mol. The molecule has 0 saturated carbocycles. The van der Waals surface area contributed by atoms with Gasteiger partial charge in [-0.2, -0.15) is 0 Å². The summed E-state index contributed by atoms with van der Waals surface area (Å²) in [5.74, 6) is -1.06. The molecule has 0 aromatic carbocycles. The van der Waals surface area contributed by atoms with Crippen molar-refractivity contribution in [3.63, 3.8) is 0 Å². The van der Waals surface area contributed by atoms with Crippen LogP contribution in [0.25, 0.3) is 0 Å². The summed E-state index contributed by atoms with van der Waals surface area (Å²) in [5, 5.41) is 2.76. The van der Waals surface area contributed by atoms with Crippen molar-refractivity contribution < 1.29 is 19.1 Å². The molecule has 2 amide bonds. The zero-order valence-corrected chi connectivity index (χ0v) is 10.2. The van der Waals surface area contributed by atoms with Gasteiger partial charge < -0.3 is 15.0 Å². The predicted octanol–water partition coefficient (Wildman–Crippen LogP) is -0.466. The summed E-state index contributed by atoms with van der Waals surface area (Å²) < 4.78 is 4.38. The maximum atomic E-state index is 11.5. The molecule has 1 saturated heterocycles. The standard InChI is InChI=1S/C11H18N2O4/c1-8(14)12-7-9-3-5-13(6-4-9)10(15)11(16)17-2/h9H,3-7H2,1-2H3,(H,12,14). The van der Waals surface area contributed by atoms with Crippen LogP contribution in [0, 0.1) is 5.92 Å². The Kier molecular flexibility index (Phi) is 4.93. The van der Waals surface area contributed by atoms with Crippen molar-refractivity contribution in [2.45, 2.75) is 19.8 Å². The molecule has 1 rings (SSSR count). The zero-order chi connectivity index (χ0) is 12.8.